The molecule has 2 heterocycles. The van der Waals surface area contributed by atoms with E-state index in [1.165, 1.54) is 38.3 Å². The Morgan fingerprint density at radius 1 is 1.07 bits per heavy atom. The summed E-state index contributed by atoms with van der Waals surface area (Å²) in [5.74, 6) is 0.788. The fourth-order valence-corrected chi connectivity index (χ4v) is 5.55. The number of anilines is 1. The Morgan fingerprint density at radius 2 is 1.85 bits per heavy atom. The first-order chi connectivity index (χ1) is 12.9. The van der Waals surface area contributed by atoms with Crippen LogP contribution in [0.5, 0.6) is 0 Å². The van der Waals surface area contributed by atoms with E-state index >= 15 is 0 Å². The Kier molecular flexibility index (Phi) is 6.25. The molecule has 1 aromatic carbocycles. The van der Waals surface area contributed by atoms with Crippen molar-refractivity contribution in [2.45, 2.75) is 17.6 Å². The number of benzene rings is 1. The molecule has 0 N–H and O–H groups in total. The Hall–Kier alpha value is -1.81. The minimum atomic E-state index is -3.42. The van der Waals surface area contributed by atoms with Crippen LogP contribution in [0.4, 0.5) is 5.13 Å². The van der Waals surface area contributed by atoms with Crippen molar-refractivity contribution in [3.05, 3.63) is 58.7 Å². The number of rotatable bonds is 8. The van der Waals surface area contributed by atoms with E-state index in [0.717, 1.165) is 11.0 Å². The van der Waals surface area contributed by atoms with Gasteiger partial charge in [-0.25, -0.2) is 13.4 Å². The SMILES string of the molecule is Cc1ccccc1Cc1nsc(N(C)CCN(C)S(=O)(=O)c2cccs2)n1. The molecule has 0 saturated carbocycles. The summed E-state index contributed by atoms with van der Waals surface area (Å²) in [4.78, 5) is 6.55. The van der Waals surface area contributed by atoms with Crippen molar-refractivity contribution in [1.29, 1.82) is 0 Å². The maximum atomic E-state index is 12.5. The molecule has 0 spiro atoms. The first kappa shape index (κ1) is 19.9. The minimum Gasteiger partial charge on any atom is -0.349 e. The van der Waals surface area contributed by atoms with Gasteiger partial charge < -0.3 is 4.90 Å². The van der Waals surface area contributed by atoms with E-state index in [0.29, 0.717) is 23.7 Å². The topological polar surface area (TPSA) is 66.4 Å². The molecule has 0 amide bonds. The molecular formula is C18H22N4O2S3. The number of aryl methyl sites for hydroxylation is 1. The standard InChI is InChI=1S/C18H22N4O2S3/c1-14-7-4-5-8-15(14)13-16-19-18(26-20-16)21(2)10-11-22(3)27(23,24)17-9-6-12-25-17/h4-9,12H,10-11,13H2,1-3H3. The van der Waals surface area contributed by atoms with E-state index in [-0.39, 0.29) is 0 Å². The molecule has 0 unspecified atom stereocenters. The zero-order chi connectivity index (χ0) is 19.4. The second-order valence-electron chi connectivity index (χ2n) is 6.28. The first-order valence-electron chi connectivity index (χ1n) is 8.46. The molecule has 27 heavy (non-hydrogen) atoms. The van der Waals surface area contributed by atoms with Gasteiger partial charge in [0, 0.05) is 45.1 Å². The molecule has 0 saturated heterocycles. The van der Waals surface area contributed by atoms with E-state index in [1.807, 2.05) is 24.1 Å². The summed E-state index contributed by atoms with van der Waals surface area (Å²) in [5.41, 5.74) is 2.44. The van der Waals surface area contributed by atoms with Crippen molar-refractivity contribution in [2.24, 2.45) is 0 Å². The molecule has 0 radical (unpaired) electrons. The van der Waals surface area contributed by atoms with Crippen LogP contribution in [-0.4, -0.2) is 49.3 Å². The number of hydrogen-bond donors (Lipinski definition) is 0. The molecule has 0 bridgehead atoms. The summed E-state index contributed by atoms with van der Waals surface area (Å²) in [7, 11) is 0.0890. The van der Waals surface area contributed by atoms with Crippen LogP contribution < -0.4 is 4.90 Å². The fraction of sp³-hybridized carbons (Fsp3) is 0.333. The highest BCUT2D eigenvalue weighted by Crippen LogP contribution is 2.21. The predicted molar refractivity (Wildman–Crippen MR) is 111 cm³/mol. The van der Waals surface area contributed by atoms with E-state index in [1.54, 1.807) is 24.6 Å². The van der Waals surface area contributed by atoms with Crippen molar-refractivity contribution in [1.82, 2.24) is 13.7 Å². The maximum Gasteiger partial charge on any atom is 0.252 e. The smallest absolute Gasteiger partial charge is 0.252 e. The Labute approximate surface area is 168 Å². The van der Waals surface area contributed by atoms with Crippen molar-refractivity contribution in [3.8, 4) is 0 Å². The third-order valence-electron chi connectivity index (χ3n) is 4.30. The monoisotopic (exact) mass is 422 g/mol. The third-order valence-corrected chi connectivity index (χ3v) is 8.40. The largest absolute Gasteiger partial charge is 0.349 e. The predicted octanol–water partition coefficient (Wildman–Crippen LogP) is 3.26. The molecule has 3 rings (SSSR count). The normalized spacial score (nSPS) is 11.9. The lowest BCUT2D eigenvalue weighted by molar-refractivity contribution is 0.475. The third kappa shape index (κ3) is 4.73. The summed E-state index contributed by atoms with van der Waals surface area (Å²) in [5, 5.41) is 2.56. The molecule has 6 nitrogen and oxygen atoms in total. The summed E-state index contributed by atoms with van der Waals surface area (Å²) < 4.78 is 31.1. The minimum absolute atomic E-state index is 0.365. The second-order valence-corrected chi connectivity index (χ2v) is 10.2. The van der Waals surface area contributed by atoms with E-state index in [9.17, 15) is 8.42 Å². The summed E-state index contributed by atoms with van der Waals surface area (Å²) >= 11 is 2.57. The van der Waals surface area contributed by atoms with Gasteiger partial charge in [0.2, 0.25) is 5.13 Å². The number of aromatic nitrogens is 2. The van der Waals surface area contributed by atoms with Gasteiger partial charge in [0.05, 0.1) is 0 Å². The summed E-state index contributed by atoms with van der Waals surface area (Å²) in [6, 6.07) is 11.6. The Balaban J connectivity index is 1.60. The van der Waals surface area contributed by atoms with Crippen LogP contribution in [0, 0.1) is 6.92 Å². The molecule has 0 aliphatic carbocycles. The van der Waals surface area contributed by atoms with Gasteiger partial charge in [-0.2, -0.15) is 8.68 Å². The zero-order valence-corrected chi connectivity index (χ0v) is 17.9. The van der Waals surface area contributed by atoms with Gasteiger partial charge >= 0.3 is 0 Å². The van der Waals surface area contributed by atoms with Gasteiger partial charge in [0.1, 0.15) is 10.0 Å². The first-order valence-corrected chi connectivity index (χ1v) is 11.6. The van der Waals surface area contributed by atoms with Crippen molar-refractivity contribution in [3.63, 3.8) is 0 Å². The van der Waals surface area contributed by atoms with E-state index in [4.69, 9.17) is 0 Å². The average molecular weight is 423 g/mol. The maximum absolute atomic E-state index is 12.5. The van der Waals surface area contributed by atoms with Gasteiger partial charge in [-0.05, 0) is 29.5 Å². The van der Waals surface area contributed by atoms with Crippen molar-refractivity contribution >= 4 is 38.0 Å². The van der Waals surface area contributed by atoms with E-state index < -0.39 is 10.0 Å². The summed E-state index contributed by atoms with van der Waals surface area (Å²) in [6.45, 7) is 3.00. The molecule has 0 atom stereocenters. The van der Waals surface area contributed by atoms with Gasteiger partial charge in [-0.1, -0.05) is 30.3 Å². The number of thiophene rings is 1. The van der Waals surface area contributed by atoms with Crippen LogP contribution in [0.15, 0.2) is 46.0 Å². The molecule has 0 fully saturated rings. The Bertz CT molecular complexity index is 984. The second kappa shape index (κ2) is 8.47. The van der Waals surface area contributed by atoms with E-state index in [2.05, 4.69) is 28.4 Å². The molecule has 3 aromatic rings. The van der Waals surface area contributed by atoms with Crippen LogP contribution in [0.25, 0.3) is 0 Å². The zero-order valence-electron chi connectivity index (χ0n) is 15.5. The molecule has 2 aromatic heterocycles. The van der Waals surface area contributed by atoms with Gasteiger partial charge in [-0.15, -0.1) is 11.3 Å². The number of sulfonamides is 1. The molecular weight excluding hydrogens is 400 g/mol. The van der Waals surface area contributed by atoms with Gasteiger partial charge in [-0.3, -0.25) is 0 Å². The Morgan fingerprint density at radius 3 is 2.56 bits per heavy atom. The van der Waals surface area contributed by atoms with Crippen molar-refractivity contribution in [2.75, 3.05) is 32.1 Å². The molecule has 144 valence electrons. The highest BCUT2D eigenvalue weighted by molar-refractivity contribution is 7.91. The molecule has 0 aliphatic heterocycles. The van der Waals surface area contributed by atoms with Crippen LogP contribution in [0.3, 0.4) is 0 Å². The number of nitrogens with zero attached hydrogens (tertiary/aromatic N) is 4. The average Bonchev–Trinajstić information content (AvgIpc) is 3.33. The fourth-order valence-electron chi connectivity index (χ4n) is 2.52. The van der Waals surface area contributed by atoms with Crippen molar-refractivity contribution < 1.29 is 8.42 Å². The molecule has 9 heteroatoms. The van der Waals surface area contributed by atoms with Crippen LogP contribution >= 0.6 is 22.9 Å². The van der Waals surface area contributed by atoms with Gasteiger partial charge in [0.25, 0.3) is 10.0 Å². The molecule has 0 aliphatic rings. The number of hydrogen-bond acceptors (Lipinski definition) is 7. The van der Waals surface area contributed by atoms with Crippen LogP contribution in [0.1, 0.15) is 17.0 Å². The summed E-state index contributed by atoms with van der Waals surface area (Å²) in [6.07, 6.45) is 0.698. The van der Waals surface area contributed by atoms with Gasteiger partial charge in [0.15, 0.2) is 0 Å². The lowest BCUT2D eigenvalue weighted by Gasteiger charge is -2.20. The highest BCUT2D eigenvalue weighted by atomic mass is 32.2. The van der Waals surface area contributed by atoms with Crippen LogP contribution in [0.2, 0.25) is 0 Å². The lowest BCUT2D eigenvalue weighted by Crippen LogP contribution is -2.34. The highest BCUT2D eigenvalue weighted by Gasteiger charge is 2.22. The van der Waals surface area contributed by atoms with Crippen LogP contribution in [-0.2, 0) is 16.4 Å². The lowest BCUT2D eigenvalue weighted by atomic mass is 10.1. The quantitative estimate of drug-likeness (QED) is 0.557. The number of likely N-dealkylation sites (N-methyl/N-ethyl adjacent to an activating group) is 2.